The van der Waals surface area contributed by atoms with Gasteiger partial charge in [-0.05, 0) is 135 Å². The largest absolute Gasteiger partial charge is 0.489 e. The van der Waals surface area contributed by atoms with Crippen molar-refractivity contribution in [3.8, 4) is 16.9 Å². The monoisotopic (exact) mass is 969 g/mol. The summed E-state index contributed by atoms with van der Waals surface area (Å²) in [7, 11) is 0. The van der Waals surface area contributed by atoms with Crippen LogP contribution in [0.5, 0.6) is 5.75 Å². The Bertz CT molecular complexity index is 2530. The molecule has 6 N–H and O–H groups in total. The number of amides is 5. The molecule has 0 fully saturated rings. The van der Waals surface area contributed by atoms with Crippen LogP contribution in [0, 0.1) is 0 Å². The van der Waals surface area contributed by atoms with Gasteiger partial charge in [-0.3, -0.25) is 15.0 Å². The maximum atomic E-state index is 14.8. The van der Waals surface area contributed by atoms with Crippen LogP contribution < -0.4 is 31.3 Å². The van der Waals surface area contributed by atoms with E-state index >= 15 is 0 Å². The Morgan fingerprint density at radius 3 is 1.93 bits per heavy atom. The van der Waals surface area contributed by atoms with E-state index in [0.717, 1.165) is 38.3 Å². The molecule has 5 amide bonds. The second-order valence-electron chi connectivity index (χ2n) is 19.6. The van der Waals surface area contributed by atoms with Gasteiger partial charge in [-0.15, -0.1) is 0 Å². The average molecular weight is 969 g/mol. The van der Waals surface area contributed by atoms with Gasteiger partial charge in [-0.1, -0.05) is 112 Å². The number of carboxylic acids is 1. The summed E-state index contributed by atoms with van der Waals surface area (Å²) < 4.78 is 17.6. The number of nitrogens with one attached hydrogen (secondary N) is 3. The number of benzene rings is 5. The van der Waals surface area contributed by atoms with E-state index < -0.39 is 60.4 Å². The maximum Gasteiger partial charge on any atom is 0.409 e. The average Bonchev–Trinajstić information content (AvgIpc) is 3.66. The van der Waals surface area contributed by atoms with Gasteiger partial charge in [-0.2, -0.15) is 0 Å². The van der Waals surface area contributed by atoms with Crippen molar-refractivity contribution in [1.82, 2.24) is 15.5 Å². The highest BCUT2D eigenvalue weighted by Crippen LogP contribution is 2.47. The Morgan fingerprint density at radius 1 is 0.718 bits per heavy atom. The number of carboxylic acid groups (broad SMARTS) is 1. The minimum Gasteiger partial charge on any atom is -0.489 e. The minimum atomic E-state index is -1.96. The molecule has 0 heterocycles. The third-order valence-electron chi connectivity index (χ3n) is 12.0. The molecule has 5 aromatic carbocycles. The lowest BCUT2D eigenvalue weighted by Crippen LogP contribution is -2.58. The zero-order valence-electron chi connectivity index (χ0n) is 41.6. The zero-order valence-corrected chi connectivity index (χ0v) is 41.6. The molecular formula is C56H68N6O9. The Labute approximate surface area is 417 Å². The van der Waals surface area contributed by atoms with Gasteiger partial charge in [0.05, 0.1) is 0 Å². The van der Waals surface area contributed by atoms with Gasteiger partial charge in [0.1, 0.15) is 30.6 Å². The smallest absolute Gasteiger partial charge is 0.409 e. The van der Waals surface area contributed by atoms with Crippen molar-refractivity contribution in [2.24, 2.45) is 5.73 Å². The fourth-order valence-corrected chi connectivity index (χ4v) is 8.46. The Kier molecular flexibility index (Phi) is 18.2. The van der Waals surface area contributed by atoms with Gasteiger partial charge < -0.3 is 40.6 Å². The summed E-state index contributed by atoms with van der Waals surface area (Å²) in [5.41, 5.74) is 11.3. The van der Waals surface area contributed by atoms with E-state index in [1.54, 1.807) is 69.3 Å². The molecule has 15 heteroatoms. The normalized spacial score (nSPS) is 12.9. The number of rotatable bonds is 21. The molecule has 0 bridgehead atoms. The predicted molar refractivity (Wildman–Crippen MR) is 275 cm³/mol. The number of aliphatic carboxylic acids is 1. The molecule has 6 rings (SSSR count). The standard InChI is InChI=1S/C56H68N6O9/c1-55(2,3)39-25-29-41(30-26-39)62(48(63)36-61(35-17-15-33-57)52(66)59-40-27-31-42(32-28-40)69-37-38-18-8-7-9-19-38)50(51(64)65)60-54(68)70-47(24-14-16-34-58-53(67)71-56(4,5)6)49-45-22-12-10-20-43(45)44-21-11-13-23-46(44)49/h7-13,18-23,25-32,47,49-50H,14-17,24,33-37,57H2,1-6H3,(H,58,67)(H,59,66)(H,60,68)(H,64,65). The number of hydrogen-bond acceptors (Lipinski definition) is 9. The van der Waals surface area contributed by atoms with E-state index in [0.29, 0.717) is 63.2 Å². The van der Waals surface area contributed by atoms with Crippen molar-refractivity contribution in [3.63, 3.8) is 0 Å². The number of alkyl carbamates (subject to hydrolysis) is 2. The number of carbonyl (C=O) groups excluding carboxylic acids is 4. The Morgan fingerprint density at radius 2 is 1.34 bits per heavy atom. The maximum absolute atomic E-state index is 14.8. The molecular weight excluding hydrogens is 901 g/mol. The molecule has 0 saturated carbocycles. The number of nitrogens with two attached hydrogens (primary N) is 1. The molecule has 0 saturated heterocycles. The molecule has 15 nitrogen and oxygen atoms in total. The second kappa shape index (κ2) is 24.4. The molecule has 1 aliphatic carbocycles. The number of fused-ring (bicyclic) bond motifs is 3. The van der Waals surface area contributed by atoms with Crippen LogP contribution in [-0.4, -0.2) is 84.2 Å². The van der Waals surface area contributed by atoms with Crippen LogP contribution in [0.2, 0.25) is 0 Å². The molecule has 2 atom stereocenters. The molecule has 2 unspecified atom stereocenters. The first-order chi connectivity index (χ1) is 33.9. The molecule has 376 valence electrons. The number of nitrogens with zero attached hydrogens (tertiary/aromatic N) is 2. The number of urea groups is 1. The van der Waals surface area contributed by atoms with Crippen LogP contribution in [0.25, 0.3) is 11.1 Å². The first kappa shape index (κ1) is 53.0. The van der Waals surface area contributed by atoms with Crippen molar-refractivity contribution < 1.29 is 43.3 Å². The highest BCUT2D eigenvalue weighted by Gasteiger charge is 2.39. The van der Waals surface area contributed by atoms with E-state index in [9.17, 15) is 29.1 Å². The van der Waals surface area contributed by atoms with Crippen molar-refractivity contribution in [3.05, 3.63) is 150 Å². The van der Waals surface area contributed by atoms with Crippen molar-refractivity contribution in [1.29, 1.82) is 0 Å². The summed E-state index contributed by atoms with van der Waals surface area (Å²) in [4.78, 5) is 71.3. The Hall–Kier alpha value is -7.39. The zero-order chi connectivity index (χ0) is 51.1. The number of carbonyl (C=O) groups is 5. The lowest BCUT2D eigenvalue weighted by molar-refractivity contribution is -0.141. The molecule has 71 heavy (non-hydrogen) atoms. The SMILES string of the molecule is CC(C)(C)OC(=O)NCCCCC(OC(=O)NC(C(=O)O)N(C(=O)CN(CCCCN)C(=O)Nc1ccc(OCc2ccccc2)cc1)c1ccc(C(C)(C)C)cc1)C1c2ccccc2-c2ccccc21. The van der Waals surface area contributed by atoms with Gasteiger partial charge >= 0.3 is 24.2 Å². The van der Waals surface area contributed by atoms with E-state index in [1.165, 1.54) is 4.90 Å². The summed E-state index contributed by atoms with van der Waals surface area (Å²) in [6.07, 6.45) is -1.93. The minimum absolute atomic E-state index is 0.121. The summed E-state index contributed by atoms with van der Waals surface area (Å²) in [6.45, 7) is 12.1. The van der Waals surface area contributed by atoms with E-state index in [-0.39, 0.29) is 17.6 Å². The highest BCUT2D eigenvalue weighted by molar-refractivity contribution is 6.03. The van der Waals surface area contributed by atoms with Crippen molar-refractivity contribution in [2.75, 3.05) is 36.4 Å². The van der Waals surface area contributed by atoms with Crippen LogP contribution in [0.4, 0.5) is 25.8 Å². The van der Waals surface area contributed by atoms with Crippen LogP contribution in [-0.2, 0) is 31.1 Å². The number of ether oxygens (including phenoxy) is 3. The first-order valence-corrected chi connectivity index (χ1v) is 24.2. The fraction of sp³-hybridized carbons (Fsp3) is 0.375. The van der Waals surface area contributed by atoms with Crippen LogP contribution in [0.1, 0.15) is 102 Å². The Balaban J connectivity index is 1.24. The molecule has 5 aromatic rings. The van der Waals surface area contributed by atoms with Crippen LogP contribution >= 0.6 is 0 Å². The first-order valence-electron chi connectivity index (χ1n) is 24.2. The van der Waals surface area contributed by atoms with Gasteiger partial charge in [0.2, 0.25) is 12.1 Å². The van der Waals surface area contributed by atoms with Crippen molar-refractivity contribution >= 4 is 41.5 Å². The third-order valence-corrected chi connectivity index (χ3v) is 12.0. The molecule has 0 aliphatic heterocycles. The lowest BCUT2D eigenvalue weighted by atomic mass is 9.87. The van der Waals surface area contributed by atoms with E-state index in [4.69, 9.17) is 19.9 Å². The van der Waals surface area contributed by atoms with Gasteiger partial charge in [0, 0.05) is 30.4 Å². The van der Waals surface area contributed by atoms with Gasteiger partial charge in [0.15, 0.2) is 0 Å². The van der Waals surface area contributed by atoms with E-state index in [1.807, 2.05) is 99.6 Å². The summed E-state index contributed by atoms with van der Waals surface area (Å²) >= 11 is 0. The fourth-order valence-electron chi connectivity index (χ4n) is 8.46. The predicted octanol–water partition coefficient (Wildman–Crippen LogP) is 10.2. The number of hydrogen-bond donors (Lipinski definition) is 5. The summed E-state index contributed by atoms with van der Waals surface area (Å²) in [6, 6.07) is 38.6. The molecule has 0 radical (unpaired) electrons. The third kappa shape index (κ3) is 15.1. The number of unbranched alkanes of at least 4 members (excludes halogenated alkanes) is 2. The molecule has 0 aromatic heterocycles. The second-order valence-corrected chi connectivity index (χ2v) is 19.6. The van der Waals surface area contributed by atoms with Gasteiger partial charge in [-0.25, -0.2) is 19.2 Å². The summed E-state index contributed by atoms with van der Waals surface area (Å²) in [5, 5.41) is 19.1. The lowest BCUT2D eigenvalue weighted by Gasteiger charge is -2.33. The summed E-state index contributed by atoms with van der Waals surface area (Å²) in [5.74, 6) is -2.12. The number of anilines is 2. The van der Waals surface area contributed by atoms with Gasteiger partial charge in [0.25, 0.3) is 0 Å². The van der Waals surface area contributed by atoms with Crippen molar-refractivity contribution in [2.45, 2.75) is 109 Å². The van der Waals surface area contributed by atoms with Crippen LogP contribution in [0.3, 0.4) is 0 Å². The van der Waals surface area contributed by atoms with E-state index in [2.05, 4.69) is 16.0 Å². The topological polar surface area (TPSA) is 202 Å². The quantitative estimate of drug-likeness (QED) is 0.0348. The highest BCUT2D eigenvalue weighted by atomic mass is 16.6. The molecule has 1 aliphatic rings. The van der Waals surface area contributed by atoms with Crippen LogP contribution in [0.15, 0.2) is 127 Å². The molecule has 0 spiro atoms.